The minimum absolute atomic E-state index is 0.00104. The third-order valence-electron chi connectivity index (χ3n) is 4.31. The number of alkyl halides is 3. The molecule has 27 heavy (non-hydrogen) atoms. The molecule has 1 aromatic rings. The Bertz CT molecular complexity index is 653. The van der Waals surface area contributed by atoms with E-state index in [4.69, 9.17) is 14.6 Å². The van der Waals surface area contributed by atoms with Crippen LogP contribution in [0.2, 0.25) is 0 Å². The Hall–Kier alpha value is -2.16. The van der Waals surface area contributed by atoms with Crippen molar-refractivity contribution in [3.8, 4) is 0 Å². The molecular formula is C18H23F4NO4. The molecule has 1 aromatic carbocycles. The van der Waals surface area contributed by atoms with Gasteiger partial charge < -0.3 is 9.84 Å². The second-order valence-electron chi connectivity index (χ2n) is 7.17. The number of carbonyl (C=O) groups is 2. The molecule has 1 aliphatic heterocycles. The Kier molecular flexibility index (Phi) is 7.36. The first-order chi connectivity index (χ1) is 12.3. The zero-order valence-corrected chi connectivity index (χ0v) is 15.5. The number of halogens is 4. The first kappa shape index (κ1) is 22.9. The maximum atomic E-state index is 13.1. The van der Waals surface area contributed by atoms with E-state index in [9.17, 15) is 22.4 Å². The number of carboxylic acid groups (broad SMARTS) is 1. The van der Waals surface area contributed by atoms with Crippen LogP contribution in [0.3, 0.4) is 0 Å². The van der Waals surface area contributed by atoms with Gasteiger partial charge in [0.05, 0.1) is 13.0 Å². The van der Waals surface area contributed by atoms with E-state index in [-0.39, 0.29) is 29.2 Å². The molecule has 5 nitrogen and oxygen atoms in total. The van der Waals surface area contributed by atoms with E-state index in [2.05, 4.69) is 25.7 Å². The van der Waals surface area contributed by atoms with Gasteiger partial charge in [0.25, 0.3) is 0 Å². The van der Waals surface area contributed by atoms with Gasteiger partial charge in [-0.15, -0.1) is 0 Å². The molecule has 1 saturated heterocycles. The van der Waals surface area contributed by atoms with Crippen LogP contribution in [-0.4, -0.2) is 53.9 Å². The summed E-state index contributed by atoms with van der Waals surface area (Å²) in [5, 5.41) is 7.12. The van der Waals surface area contributed by atoms with E-state index in [1.54, 1.807) is 12.1 Å². The Morgan fingerprint density at radius 2 is 1.59 bits per heavy atom. The lowest BCUT2D eigenvalue weighted by Crippen LogP contribution is -2.40. The van der Waals surface area contributed by atoms with Crippen LogP contribution >= 0.6 is 0 Å². The fourth-order valence-corrected chi connectivity index (χ4v) is 2.79. The van der Waals surface area contributed by atoms with E-state index in [1.807, 2.05) is 0 Å². The Balaban J connectivity index is 0.000000445. The quantitative estimate of drug-likeness (QED) is 0.616. The second kappa shape index (κ2) is 8.69. The van der Waals surface area contributed by atoms with E-state index in [0.29, 0.717) is 6.54 Å². The predicted octanol–water partition coefficient (Wildman–Crippen LogP) is 3.45. The van der Waals surface area contributed by atoms with Crippen LogP contribution in [0, 0.1) is 11.7 Å². The zero-order valence-electron chi connectivity index (χ0n) is 15.5. The molecular weight excluding hydrogens is 370 g/mol. The minimum atomic E-state index is -5.08. The zero-order chi connectivity index (χ0) is 21.0. The van der Waals surface area contributed by atoms with E-state index < -0.39 is 12.1 Å². The lowest BCUT2D eigenvalue weighted by molar-refractivity contribution is -0.192. The third kappa shape index (κ3) is 6.50. The number of methoxy groups -OCH3 is 1. The summed E-state index contributed by atoms with van der Waals surface area (Å²) in [6, 6.07) is 6.43. The van der Waals surface area contributed by atoms with Crippen molar-refractivity contribution in [3.63, 3.8) is 0 Å². The van der Waals surface area contributed by atoms with Crippen molar-refractivity contribution in [2.24, 2.45) is 5.92 Å². The van der Waals surface area contributed by atoms with E-state index >= 15 is 0 Å². The fourth-order valence-electron chi connectivity index (χ4n) is 2.79. The molecule has 2 atom stereocenters. The Morgan fingerprint density at radius 3 is 1.96 bits per heavy atom. The van der Waals surface area contributed by atoms with Crippen molar-refractivity contribution in [1.82, 2.24) is 4.90 Å². The summed E-state index contributed by atoms with van der Waals surface area (Å²) < 4.78 is 49.7. The van der Waals surface area contributed by atoms with Gasteiger partial charge in [-0.05, 0) is 38.5 Å². The summed E-state index contributed by atoms with van der Waals surface area (Å²) in [5.41, 5.74) is 0.995. The van der Waals surface area contributed by atoms with Gasteiger partial charge in [0.15, 0.2) is 0 Å². The van der Waals surface area contributed by atoms with Gasteiger partial charge in [0, 0.05) is 24.5 Å². The number of hydrogen-bond donors (Lipinski definition) is 1. The predicted molar refractivity (Wildman–Crippen MR) is 89.7 cm³/mol. The average molecular weight is 393 g/mol. The molecule has 0 radical (unpaired) electrons. The van der Waals surface area contributed by atoms with Crippen LogP contribution in [0.5, 0.6) is 0 Å². The van der Waals surface area contributed by atoms with E-state index in [0.717, 1.165) is 12.1 Å². The van der Waals surface area contributed by atoms with E-state index in [1.165, 1.54) is 19.2 Å². The maximum absolute atomic E-state index is 13.1. The smallest absolute Gasteiger partial charge is 0.475 e. The molecule has 0 aromatic heterocycles. The van der Waals surface area contributed by atoms with Crippen LogP contribution in [-0.2, 0) is 14.3 Å². The Morgan fingerprint density at radius 1 is 1.11 bits per heavy atom. The van der Waals surface area contributed by atoms with Crippen LogP contribution in [0.15, 0.2) is 24.3 Å². The highest BCUT2D eigenvalue weighted by Crippen LogP contribution is 2.36. The van der Waals surface area contributed by atoms with Gasteiger partial charge in [-0.25, -0.2) is 9.18 Å². The van der Waals surface area contributed by atoms with Gasteiger partial charge in [0.1, 0.15) is 5.82 Å². The molecule has 0 unspecified atom stereocenters. The molecule has 0 spiro atoms. The first-order valence-electron chi connectivity index (χ1n) is 8.15. The van der Waals surface area contributed by atoms with Crippen molar-refractivity contribution < 1.29 is 37.0 Å². The molecule has 1 fully saturated rings. The molecule has 152 valence electrons. The van der Waals surface area contributed by atoms with Gasteiger partial charge in [-0.3, -0.25) is 9.69 Å². The summed E-state index contributed by atoms with van der Waals surface area (Å²) in [6.07, 6.45) is -5.08. The third-order valence-corrected chi connectivity index (χ3v) is 4.31. The molecule has 0 bridgehead atoms. The summed E-state index contributed by atoms with van der Waals surface area (Å²) >= 11 is 0. The average Bonchev–Trinajstić information content (AvgIpc) is 3.00. The lowest BCUT2D eigenvalue weighted by atomic mass is 9.89. The number of aliphatic carboxylic acids is 1. The summed E-state index contributed by atoms with van der Waals surface area (Å²) in [6.45, 7) is 7.87. The highest BCUT2D eigenvalue weighted by atomic mass is 19.4. The summed E-state index contributed by atoms with van der Waals surface area (Å²) in [7, 11) is 1.42. The SMILES string of the molecule is COC(=O)[C@@H]1CN(C(C)(C)C)C[C@H]1c1ccc(F)cc1.O=C(O)C(F)(F)F. The highest BCUT2D eigenvalue weighted by Gasteiger charge is 2.42. The molecule has 9 heteroatoms. The van der Waals surface area contributed by atoms with Gasteiger partial charge >= 0.3 is 18.1 Å². The van der Waals surface area contributed by atoms with Crippen molar-refractivity contribution in [2.75, 3.05) is 20.2 Å². The number of nitrogens with zero attached hydrogens (tertiary/aromatic N) is 1. The maximum Gasteiger partial charge on any atom is 0.490 e. The number of ether oxygens (including phenoxy) is 1. The van der Waals surface area contributed by atoms with Crippen molar-refractivity contribution in [3.05, 3.63) is 35.6 Å². The van der Waals surface area contributed by atoms with Gasteiger partial charge in [-0.1, -0.05) is 12.1 Å². The van der Waals surface area contributed by atoms with Crippen molar-refractivity contribution in [1.29, 1.82) is 0 Å². The number of esters is 1. The number of benzene rings is 1. The minimum Gasteiger partial charge on any atom is -0.475 e. The monoisotopic (exact) mass is 393 g/mol. The number of likely N-dealkylation sites (tertiary alicyclic amines) is 1. The fraction of sp³-hybridized carbons (Fsp3) is 0.556. The first-order valence-corrected chi connectivity index (χ1v) is 8.15. The lowest BCUT2D eigenvalue weighted by Gasteiger charge is -2.31. The summed E-state index contributed by atoms with van der Waals surface area (Å²) in [4.78, 5) is 23.2. The molecule has 2 rings (SSSR count). The molecule has 1 aliphatic rings. The van der Waals surface area contributed by atoms with Crippen LogP contribution < -0.4 is 0 Å². The van der Waals surface area contributed by atoms with Crippen LogP contribution in [0.25, 0.3) is 0 Å². The standard InChI is InChI=1S/C16H22FNO2.C2HF3O2/c1-16(2,3)18-9-13(14(10-18)15(19)20-4)11-5-7-12(17)8-6-11;3-2(4,5)1(6)7/h5-8,13-14H,9-10H2,1-4H3;(H,6,7)/t13-,14+;/m0./s1. The van der Waals surface area contributed by atoms with Gasteiger partial charge in [0.2, 0.25) is 0 Å². The largest absolute Gasteiger partial charge is 0.490 e. The number of carboxylic acids is 1. The van der Waals surface area contributed by atoms with Crippen molar-refractivity contribution in [2.45, 2.75) is 38.4 Å². The van der Waals surface area contributed by atoms with Crippen LogP contribution in [0.1, 0.15) is 32.3 Å². The number of rotatable bonds is 2. The second-order valence-corrected chi connectivity index (χ2v) is 7.17. The highest BCUT2D eigenvalue weighted by molar-refractivity contribution is 5.74. The number of carbonyl (C=O) groups excluding carboxylic acids is 1. The summed E-state index contributed by atoms with van der Waals surface area (Å²) in [5.74, 6) is -3.33. The molecule has 1 heterocycles. The van der Waals surface area contributed by atoms with Gasteiger partial charge in [-0.2, -0.15) is 13.2 Å². The molecule has 0 saturated carbocycles. The Labute approximate surface area is 154 Å². The molecule has 0 aliphatic carbocycles. The molecule has 1 N–H and O–H groups in total. The number of hydrogen-bond acceptors (Lipinski definition) is 4. The molecule has 0 amide bonds. The van der Waals surface area contributed by atoms with Crippen LogP contribution in [0.4, 0.5) is 17.6 Å². The normalized spacial score (nSPS) is 20.6. The van der Waals surface area contributed by atoms with Crippen molar-refractivity contribution >= 4 is 11.9 Å². The topological polar surface area (TPSA) is 66.8 Å².